The summed E-state index contributed by atoms with van der Waals surface area (Å²) in [6, 6.07) is 9.46. The van der Waals surface area contributed by atoms with E-state index in [-0.39, 0.29) is 22.1 Å². The lowest BCUT2D eigenvalue weighted by molar-refractivity contribution is 0.461. The molecule has 0 saturated carbocycles. The Labute approximate surface area is 110 Å². The summed E-state index contributed by atoms with van der Waals surface area (Å²) in [6.07, 6.45) is 0. The van der Waals surface area contributed by atoms with Gasteiger partial charge < -0.3 is 10.1 Å². The van der Waals surface area contributed by atoms with Gasteiger partial charge in [-0.1, -0.05) is 18.2 Å². The molecular weight excluding hydrogens is 266 g/mol. The van der Waals surface area contributed by atoms with E-state index in [1.54, 1.807) is 25.1 Å². The Morgan fingerprint density at radius 3 is 2.42 bits per heavy atom. The lowest BCUT2D eigenvalue weighted by Gasteiger charge is -2.06. The van der Waals surface area contributed by atoms with Crippen LogP contribution >= 0.6 is 0 Å². The Bertz CT molecular complexity index is 748. The zero-order valence-electron chi connectivity index (χ0n) is 10.3. The summed E-state index contributed by atoms with van der Waals surface area (Å²) >= 11 is 0. The molecule has 19 heavy (non-hydrogen) atoms. The van der Waals surface area contributed by atoms with Crippen molar-refractivity contribution in [2.45, 2.75) is 17.6 Å². The van der Waals surface area contributed by atoms with Gasteiger partial charge in [0.2, 0.25) is 0 Å². The monoisotopic (exact) mass is 279 g/mol. The first-order valence-corrected chi connectivity index (χ1v) is 7.25. The SMILES string of the molecule is Cc1cc(CS(=O)(=O)c2ccccc2)[nH]c(=O)c1O. The number of benzene rings is 1. The molecule has 0 atom stereocenters. The molecule has 0 unspecified atom stereocenters. The summed E-state index contributed by atoms with van der Waals surface area (Å²) in [6.45, 7) is 1.54. The van der Waals surface area contributed by atoms with Gasteiger partial charge in [-0.25, -0.2) is 8.42 Å². The molecule has 1 aromatic heterocycles. The second-order valence-electron chi connectivity index (χ2n) is 4.23. The van der Waals surface area contributed by atoms with E-state index in [1.807, 2.05) is 0 Å². The highest BCUT2D eigenvalue weighted by Gasteiger charge is 2.16. The number of H-pyrrole nitrogens is 1. The third kappa shape index (κ3) is 2.85. The van der Waals surface area contributed by atoms with Crippen LogP contribution in [0.4, 0.5) is 0 Å². The molecule has 0 spiro atoms. The fourth-order valence-corrected chi connectivity index (χ4v) is 3.05. The maximum absolute atomic E-state index is 12.1. The van der Waals surface area contributed by atoms with Crippen LogP contribution in [0.2, 0.25) is 0 Å². The molecule has 0 fully saturated rings. The van der Waals surface area contributed by atoms with Gasteiger partial charge in [0, 0.05) is 5.69 Å². The number of aromatic amines is 1. The van der Waals surface area contributed by atoms with Crippen LogP contribution < -0.4 is 5.56 Å². The summed E-state index contributed by atoms with van der Waals surface area (Å²) in [5.74, 6) is -0.700. The summed E-state index contributed by atoms with van der Waals surface area (Å²) in [5.41, 5.74) is -0.0792. The topological polar surface area (TPSA) is 87.2 Å². The first-order valence-electron chi connectivity index (χ1n) is 5.60. The number of aryl methyl sites for hydroxylation is 1. The second-order valence-corrected chi connectivity index (χ2v) is 6.22. The minimum Gasteiger partial charge on any atom is -0.503 e. The molecule has 0 amide bonds. The van der Waals surface area contributed by atoms with Crippen molar-refractivity contribution < 1.29 is 13.5 Å². The van der Waals surface area contributed by atoms with Crippen LogP contribution in [0.5, 0.6) is 5.75 Å². The second kappa shape index (κ2) is 4.89. The molecule has 100 valence electrons. The Hall–Kier alpha value is -2.08. The van der Waals surface area contributed by atoms with Gasteiger partial charge in [0.25, 0.3) is 5.56 Å². The van der Waals surface area contributed by atoms with E-state index >= 15 is 0 Å². The highest BCUT2D eigenvalue weighted by molar-refractivity contribution is 7.90. The predicted octanol–water partition coefficient (Wildman–Crippen LogP) is 1.36. The van der Waals surface area contributed by atoms with Gasteiger partial charge in [0.1, 0.15) is 0 Å². The molecular formula is C13H13NO4S. The van der Waals surface area contributed by atoms with E-state index in [0.29, 0.717) is 5.56 Å². The molecule has 2 N–H and O–H groups in total. The third-order valence-corrected chi connectivity index (χ3v) is 4.38. The molecule has 2 rings (SSSR count). The van der Waals surface area contributed by atoms with Crippen LogP contribution in [0.1, 0.15) is 11.3 Å². The van der Waals surface area contributed by atoms with E-state index in [4.69, 9.17) is 0 Å². The van der Waals surface area contributed by atoms with Crippen molar-refractivity contribution >= 4 is 9.84 Å². The molecule has 1 aromatic carbocycles. The zero-order valence-corrected chi connectivity index (χ0v) is 11.1. The molecule has 1 heterocycles. The quantitative estimate of drug-likeness (QED) is 0.888. The fraction of sp³-hybridized carbons (Fsp3) is 0.154. The maximum atomic E-state index is 12.1. The van der Waals surface area contributed by atoms with Crippen LogP contribution in [-0.2, 0) is 15.6 Å². The Morgan fingerprint density at radius 2 is 1.84 bits per heavy atom. The van der Waals surface area contributed by atoms with Gasteiger partial charge in [0.05, 0.1) is 10.6 Å². The van der Waals surface area contributed by atoms with E-state index in [1.165, 1.54) is 18.2 Å². The van der Waals surface area contributed by atoms with Gasteiger partial charge in [-0.15, -0.1) is 0 Å². The van der Waals surface area contributed by atoms with Crippen LogP contribution in [0, 0.1) is 6.92 Å². The predicted molar refractivity (Wildman–Crippen MR) is 70.8 cm³/mol. The van der Waals surface area contributed by atoms with Crippen molar-refractivity contribution in [3.8, 4) is 5.75 Å². The van der Waals surface area contributed by atoms with E-state index < -0.39 is 15.4 Å². The van der Waals surface area contributed by atoms with E-state index in [2.05, 4.69) is 4.98 Å². The Balaban J connectivity index is 2.39. The smallest absolute Gasteiger partial charge is 0.290 e. The molecule has 0 bridgehead atoms. The van der Waals surface area contributed by atoms with Crippen molar-refractivity contribution in [1.82, 2.24) is 4.98 Å². The van der Waals surface area contributed by atoms with E-state index in [0.717, 1.165) is 0 Å². The zero-order chi connectivity index (χ0) is 14.0. The highest BCUT2D eigenvalue weighted by Crippen LogP contribution is 2.16. The molecule has 0 aliphatic rings. The van der Waals surface area contributed by atoms with Crippen molar-refractivity contribution in [3.63, 3.8) is 0 Å². The van der Waals surface area contributed by atoms with Crippen molar-refractivity contribution in [2.24, 2.45) is 0 Å². The maximum Gasteiger partial charge on any atom is 0.290 e. The van der Waals surface area contributed by atoms with Gasteiger partial charge in [-0.05, 0) is 30.7 Å². The standard InChI is InChI=1S/C13H13NO4S/c1-9-7-10(14-13(16)12(9)15)8-19(17,18)11-5-3-2-4-6-11/h2-7,15H,8H2,1H3,(H,14,16). The minimum atomic E-state index is -3.51. The van der Waals surface area contributed by atoms with Crippen molar-refractivity contribution in [1.29, 1.82) is 0 Å². The van der Waals surface area contributed by atoms with Gasteiger partial charge in [0.15, 0.2) is 15.6 Å². The number of nitrogens with one attached hydrogen (secondary N) is 1. The average Bonchev–Trinajstić information content (AvgIpc) is 2.36. The minimum absolute atomic E-state index is 0.196. The normalized spacial score (nSPS) is 11.4. The molecule has 2 aromatic rings. The fourth-order valence-electron chi connectivity index (χ4n) is 1.74. The molecule has 0 saturated heterocycles. The molecule has 6 heteroatoms. The summed E-state index contributed by atoms with van der Waals surface area (Å²) < 4.78 is 24.2. The lowest BCUT2D eigenvalue weighted by atomic mass is 10.2. The number of aromatic nitrogens is 1. The number of hydrogen-bond donors (Lipinski definition) is 2. The average molecular weight is 279 g/mol. The molecule has 0 aliphatic carbocycles. The van der Waals surface area contributed by atoms with Crippen LogP contribution in [0.25, 0.3) is 0 Å². The summed E-state index contributed by atoms with van der Waals surface area (Å²) in [4.78, 5) is 13.9. The third-order valence-electron chi connectivity index (χ3n) is 2.70. The van der Waals surface area contributed by atoms with Gasteiger partial charge >= 0.3 is 0 Å². The van der Waals surface area contributed by atoms with Crippen LogP contribution in [0.3, 0.4) is 0 Å². The summed E-state index contributed by atoms with van der Waals surface area (Å²) in [7, 11) is -3.51. The van der Waals surface area contributed by atoms with Crippen LogP contribution in [0.15, 0.2) is 46.1 Å². The van der Waals surface area contributed by atoms with Crippen molar-refractivity contribution in [3.05, 3.63) is 58.0 Å². The first-order chi connectivity index (χ1) is 8.90. The number of aromatic hydroxyl groups is 1. The number of hydrogen-bond acceptors (Lipinski definition) is 4. The lowest BCUT2D eigenvalue weighted by Crippen LogP contribution is -2.13. The first kappa shape index (κ1) is 13.4. The van der Waals surface area contributed by atoms with Gasteiger partial charge in [-0.3, -0.25) is 4.79 Å². The van der Waals surface area contributed by atoms with E-state index in [9.17, 15) is 18.3 Å². The number of sulfone groups is 1. The van der Waals surface area contributed by atoms with Crippen LogP contribution in [-0.4, -0.2) is 18.5 Å². The molecule has 0 aliphatic heterocycles. The number of rotatable bonds is 3. The molecule has 5 nitrogen and oxygen atoms in total. The Kier molecular flexibility index (Phi) is 3.44. The van der Waals surface area contributed by atoms with Crippen molar-refractivity contribution in [2.75, 3.05) is 0 Å². The Morgan fingerprint density at radius 1 is 1.21 bits per heavy atom. The largest absolute Gasteiger partial charge is 0.503 e. The summed E-state index contributed by atoms with van der Waals surface area (Å²) in [5, 5.41) is 9.35. The number of pyridine rings is 1. The van der Waals surface area contributed by atoms with Gasteiger partial charge in [-0.2, -0.15) is 0 Å². The molecule has 0 radical (unpaired) electrons. The highest BCUT2D eigenvalue weighted by atomic mass is 32.2.